The number of hydrogen-bond acceptors (Lipinski definition) is 5. The first-order valence-corrected chi connectivity index (χ1v) is 6.29. The molecule has 8 heteroatoms. The Morgan fingerprint density at radius 1 is 1.68 bits per heavy atom. The molecule has 0 saturated carbocycles. The van der Waals surface area contributed by atoms with Gasteiger partial charge < -0.3 is 10.6 Å². The van der Waals surface area contributed by atoms with Crippen molar-refractivity contribution < 1.29 is 9.72 Å². The first kappa shape index (κ1) is 13.5. The third kappa shape index (κ3) is 4.02. The number of rotatable bonds is 5. The van der Waals surface area contributed by atoms with Crippen LogP contribution in [0.2, 0.25) is 0 Å². The van der Waals surface area contributed by atoms with Gasteiger partial charge in [-0.25, -0.2) is 0 Å². The van der Waals surface area contributed by atoms with Crippen LogP contribution in [0.5, 0.6) is 0 Å². The van der Waals surface area contributed by atoms with E-state index in [0.717, 1.165) is 32.1 Å². The lowest BCUT2D eigenvalue weighted by atomic mass is 10.00. The highest BCUT2D eigenvalue weighted by atomic mass is 16.6. The van der Waals surface area contributed by atoms with Crippen LogP contribution in [0.1, 0.15) is 12.8 Å². The Labute approximate surface area is 110 Å². The summed E-state index contributed by atoms with van der Waals surface area (Å²) in [6.07, 6.45) is 4.63. The minimum Gasteiger partial charge on any atom is -0.354 e. The number of nitrogens with one attached hydrogen (secondary N) is 2. The SMILES string of the molecule is O=C(Cn1cc([N+](=O)[O-])cn1)NCC1CCCNC1. The summed E-state index contributed by atoms with van der Waals surface area (Å²) in [5, 5.41) is 20.4. The van der Waals surface area contributed by atoms with Gasteiger partial charge in [-0.3, -0.25) is 19.6 Å². The smallest absolute Gasteiger partial charge is 0.307 e. The maximum absolute atomic E-state index is 11.7. The third-order valence-corrected chi connectivity index (χ3v) is 3.12. The molecular weight excluding hydrogens is 250 g/mol. The van der Waals surface area contributed by atoms with Crippen molar-refractivity contribution in [2.75, 3.05) is 19.6 Å². The van der Waals surface area contributed by atoms with E-state index in [1.165, 1.54) is 10.9 Å². The summed E-state index contributed by atoms with van der Waals surface area (Å²) < 4.78 is 1.27. The van der Waals surface area contributed by atoms with Gasteiger partial charge in [0.05, 0.1) is 4.92 Å². The Morgan fingerprint density at radius 2 is 2.53 bits per heavy atom. The molecule has 1 aromatic rings. The molecule has 104 valence electrons. The van der Waals surface area contributed by atoms with Gasteiger partial charge >= 0.3 is 5.69 Å². The van der Waals surface area contributed by atoms with Crippen molar-refractivity contribution in [1.29, 1.82) is 0 Å². The topological polar surface area (TPSA) is 102 Å². The van der Waals surface area contributed by atoms with Crippen LogP contribution in [0.4, 0.5) is 5.69 Å². The van der Waals surface area contributed by atoms with Crippen molar-refractivity contribution in [3.05, 3.63) is 22.5 Å². The number of piperidine rings is 1. The van der Waals surface area contributed by atoms with Crippen LogP contribution >= 0.6 is 0 Å². The average molecular weight is 267 g/mol. The van der Waals surface area contributed by atoms with Crippen molar-refractivity contribution in [3.8, 4) is 0 Å². The number of carbonyl (C=O) groups is 1. The summed E-state index contributed by atoms with van der Waals surface area (Å²) in [6, 6.07) is 0. The zero-order valence-corrected chi connectivity index (χ0v) is 10.5. The largest absolute Gasteiger partial charge is 0.354 e. The number of aromatic nitrogens is 2. The highest BCUT2D eigenvalue weighted by molar-refractivity contribution is 5.75. The van der Waals surface area contributed by atoms with E-state index >= 15 is 0 Å². The molecule has 2 N–H and O–H groups in total. The fourth-order valence-electron chi connectivity index (χ4n) is 2.09. The number of nitro groups is 1. The van der Waals surface area contributed by atoms with E-state index in [1.54, 1.807) is 0 Å². The number of nitrogens with zero attached hydrogens (tertiary/aromatic N) is 3. The Kier molecular flexibility index (Phi) is 4.45. The molecule has 8 nitrogen and oxygen atoms in total. The van der Waals surface area contributed by atoms with Crippen LogP contribution in [-0.4, -0.2) is 40.2 Å². The van der Waals surface area contributed by atoms with Gasteiger partial charge in [0.25, 0.3) is 0 Å². The van der Waals surface area contributed by atoms with E-state index in [2.05, 4.69) is 15.7 Å². The molecule has 1 aromatic heterocycles. The van der Waals surface area contributed by atoms with E-state index in [9.17, 15) is 14.9 Å². The fourth-order valence-corrected chi connectivity index (χ4v) is 2.09. The van der Waals surface area contributed by atoms with Gasteiger partial charge in [-0.15, -0.1) is 0 Å². The molecular formula is C11H17N5O3. The highest BCUT2D eigenvalue weighted by Gasteiger charge is 2.15. The minimum absolute atomic E-state index is 0.00793. The zero-order chi connectivity index (χ0) is 13.7. The van der Waals surface area contributed by atoms with E-state index in [1.807, 2.05) is 0 Å². The van der Waals surface area contributed by atoms with Gasteiger partial charge in [0.2, 0.25) is 5.91 Å². The van der Waals surface area contributed by atoms with Crippen molar-refractivity contribution in [3.63, 3.8) is 0 Å². The number of carbonyl (C=O) groups excluding carboxylic acids is 1. The van der Waals surface area contributed by atoms with Gasteiger partial charge in [-0.2, -0.15) is 5.10 Å². The molecule has 0 bridgehead atoms. The van der Waals surface area contributed by atoms with Crippen LogP contribution in [0.15, 0.2) is 12.4 Å². The van der Waals surface area contributed by atoms with Crippen LogP contribution in [0.3, 0.4) is 0 Å². The van der Waals surface area contributed by atoms with Gasteiger partial charge in [0.15, 0.2) is 0 Å². The van der Waals surface area contributed by atoms with Crippen LogP contribution < -0.4 is 10.6 Å². The molecule has 1 unspecified atom stereocenters. The molecule has 19 heavy (non-hydrogen) atoms. The molecule has 0 aliphatic carbocycles. The van der Waals surface area contributed by atoms with Crippen molar-refractivity contribution in [1.82, 2.24) is 20.4 Å². The van der Waals surface area contributed by atoms with Crippen LogP contribution in [0, 0.1) is 16.0 Å². The minimum atomic E-state index is -0.533. The van der Waals surface area contributed by atoms with Gasteiger partial charge in [-0.1, -0.05) is 0 Å². The van der Waals surface area contributed by atoms with Gasteiger partial charge in [0.1, 0.15) is 18.9 Å². The molecule has 2 rings (SSSR count). The van der Waals surface area contributed by atoms with Crippen molar-refractivity contribution >= 4 is 11.6 Å². The van der Waals surface area contributed by atoms with Crippen molar-refractivity contribution in [2.24, 2.45) is 5.92 Å². The monoisotopic (exact) mass is 267 g/mol. The maximum Gasteiger partial charge on any atom is 0.307 e. The summed E-state index contributed by atoms with van der Waals surface area (Å²) in [5.41, 5.74) is -0.107. The van der Waals surface area contributed by atoms with Crippen LogP contribution in [-0.2, 0) is 11.3 Å². The van der Waals surface area contributed by atoms with E-state index < -0.39 is 4.92 Å². The quantitative estimate of drug-likeness (QED) is 0.573. The van der Waals surface area contributed by atoms with Crippen LogP contribution in [0.25, 0.3) is 0 Å². The first-order chi connectivity index (χ1) is 9.15. The summed E-state index contributed by atoms with van der Waals surface area (Å²) in [6.45, 7) is 2.61. The predicted molar refractivity (Wildman–Crippen MR) is 67.5 cm³/mol. The zero-order valence-electron chi connectivity index (χ0n) is 10.5. The summed E-state index contributed by atoms with van der Waals surface area (Å²) in [7, 11) is 0. The Hall–Kier alpha value is -1.96. The van der Waals surface area contributed by atoms with Crippen molar-refractivity contribution in [2.45, 2.75) is 19.4 Å². The summed E-state index contributed by atoms with van der Waals surface area (Å²) in [4.78, 5) is 21.6. The van der Waals surface area contributed by atoms with E-state index in [4.69, 9.17) is 0 Å². The lowest BCUT2D eigenvalue weighted by Gasteiger charge is -2.22. The van der Waals surface area contributed by atoms with E-state index in [0.29, 0.717) is 12.5 Å². The Bertz CT molecular complexity index is 453. The second-order valence-electron chi connectivity index (χ2n) is 4.67. The third-order valence-electron chi connectivity index (χ3n) is 3.12. The lowest BCUT2D eigenvalue weighted by molar-refractivity contribution is -0.385. The molecule has 1 atom stereocenters. The number of hydrogen-bond donors (Lipinski definition) is 2. The Morgan fingerprint density at radius 3 is 3.16 bits per heavy atom. The molecule has 1 saturated heterocycles. The molecule has 0 aromatic carbocycles. The standard InChI is InChI=1S/C11H17N5O3/c17-11(13-5-9-2-1-3-12-4-9)8-15-7-10(6-14-15)16(18)19/h6-7,9,12H,1-5,8H2,(H,13,17). The molecule has 1 fully saturated rings. The molecule has 1 aliphatic heterocycles. The molecule has 0 spiro atoms. The Balaban J connectivity index is 1.75. The van der Waals surface area contributed by atoms with Gasteiger partial charge in [0, 0.05) is 6.54 Å². The van der Waals surface area contributed by atoms with E-state index in [-0.39, 0.29) is 18.1 Å². The second-order valence-corrected chi connectivity index (χ2v) is 4.67. The first-order valence-electron chi connectivity index (χ1n) is 6.29. The fraction of sp³-hybridized carbons (Fsp3) is 0.636. The normalized spacial score (nSPS) is 19.1. The average Bonchev–Trinajstić information content (AvgIpc) is 2.86. The predicted octanol–water partition coefficient (Wildman–Crippen LogP) is -0.0929. The second kappa shape index (κ2) is 6.28. The molecule has 1 amide bonds. The highest BCUT2D eigenvalue weighted by Crippen LogP contribution is 2.09. The molecule has 2 heterocycles. The summed E-state index contributed by atoms with van der Waals surface area (Å²) >= 11 is 0. The number of amides is 1. The summed E-state index contributed by atoms with van der Waals surface area (Å²) in [5.74, 6) is 0.285. The lowest BCUT2D eigenvalue weighted by Crippen LogP contribution is -2.39. The molecule has 1 aliphatic rings. The van der Waals surface area contributed by atoms with Gasteiger partial charge in [-0.05, 0) is 31.8 Å². The maximum atomic E-state index is 11.7. The molecule has 0 radical (unpaired) electrons.